The predicted octanol–water partition coefficient (Wildman–Crippen LogP) is 2.93. The highest BCUT2D eigenvalue weighted by molar-refractivity contribution is 5.93. The van der Waals surface area contributed by atoms with E-state index in [-0.39, 0.29) is 22.4 Å². The third kappa shape index (κ3) is 3.45. The van der Waals surface area contributed by atoms with E-state index >= 15 is 0 Å². The largest absolute Gasteiger partial charge is 0.496 e. The van der Waals surface area contributed by atoms with Crippen LogP contribution in [0, 0.1) is 6.92 Å². The summed E-state index contributed by atoms with van der Waals surface area (Å²) in [4.78, 5) is 27.2. The number of hydrogen-bond donors (Lipinski definition) is 2. The van der Waals surface area contributed by atoms with Crippen LogP contribution in [-0.4, -0.2) is 24.5 Å². The van der Waals surface area contributed by atoms with E-state index in [0.717, 1.165) is 42.7 Å². The van der Waals surface area contributed by atoms with Crippen molar-refractivity contribution in [2.24, 2.45) is 0 Å². The first-order valence-corrected chi connectivity index (χ1v) is 8.67. The van der Waals surface area contributed by atoms with Crippen LogP contribution in [0.1, 0.15) is 47.3 Å². The fourth-order valence-electron chi connectivity index (χ4n) is 3.77. The van der Waals surface area contributed by atoms with E-state index in [1.807, 2.05) is 18.2 Å². The minimum Gasteiger partial charge on any atom is -0.496 e. The maximum absolute atomic E-state index is 12.5. The van der Waals surface area contributed by atoms with Crippen LogP contribution < -0.4 is 15.6 Å². The maximum Gasteiger partial charge on any atom is 0.260 e. The van der Waals surface area contributed by atoms with Gasteiger partial charge in [0.1, 0.15) is 11.3 Å². The number of aromatic amines is 1. The number of carbonyl (C=O) groups is 1. The zero-order valence-corrected chi connectivity index (χ0v) is 14.7. The zero-order valence-electron chi connectivity index (χ0n) is 14.7. The van der Waals surface area contributed by atoms with Crippen LogP contribution >= 0.6 is 0 Å². The Bertz CT molecular complexity index is 820. The molecule has 1 amide bonds. The van der Waals surface area contributed by atoms with Gasteiger partial charge in [-0.2, -0.15) is 0 Å². The van der Waals surface area contributed by atoms with Crippen molar-refractivity contribution in [1.29, 1.82) is 0 Å². The maximum atomic E-state index is 12.5. The molecule has 1 heterocycles. The van der Waals surface area contributed by atoms with Gasteiger partial charge in [0, 0.05) is 23.2 Å². The summed E-state index contributed by atoms with van der Waals surface area (Å²) in [7, 11) is 1.67. The predicted molar refractivity (Wildman–Crippen MR) is 97.3 cm³/mol. The summed E-state index contributed by atoms with van der Waals surface area (Å²) in [6.07, 6.45) is 4.24. The second-order valence-corrected chi connectivity index (χ2v) is 6.75. The molecule has 0 aliphatic heterocycles. The van der Waals surface area contributed by atoms with Crippen molar-refractivity contribution >= 4 is 5.91 Å². The van der Waals surface area contributed by atoms with Crippen molar-refractivity contribution < 1.29 is 9.53 Å². The van der Waals surface area contributed by atoms with E-state index in [2.05, 4.69) is 16.4 Å². The molecule has 1 aromatic heterocycles. The molecule has 1 aromatic carbocycles. The first kappa shape index (κ1) is 17.3. The number of carbonyl (C=O) groups excluding carboxylic acids is 1. The standard InChI is InChI=1S/C20H24N2O3/c1-14-9-10-15(19(24)22-14)18(23)21-13-20(11-5-6-12-20)16-7-3-4-8-17(16)25-2/h3-4,7-10H,5-6,11-13H2,1-2H3,(H,21,23)(H,22,24). The van der Waals surface area contributed by atoms with Crippen LogP contribution in [0.3, 0.4) is 0 Å². The monoisotopic (exact) mass is 340 g/mol. The first-order valence-electron chi connectivity index (χ1n) is 8.67. The van der Waals surface area contributed by atoms with Crippen LogP contribution in [0.5, 0.6) is 5.75 Å². The molecule has 3 rings (SSSR count). The topological polar surface area (TPSA) is 71.2 Å². The molecule has 0 bridgehead atoms. The fraction of sp³-hybridized carbons (Fsp3) is 0.400. The SMILES string of the molecule is COc1ccccc1C1(CNC(=O)c2ccc(C)[nH]c2=O)CCCC1. The third-order valence-electron chi connectivity index (χ3n) is 5.13. The molecule has 25 heavy (non-hydrogen) atoms. The molecule has 0 radical (unpaired) electrons. The highest BCUT2D eigenvalue weighted by Crippen LogP contribution is 2.44. The molecular formula is C20H24N2O3. The van der Waals surface area contributed by atoms with Gasteiger partial charge >= 0.3 is 0 Å². The molecule has 2 N–H and O–H groups in total. The van der Waals surface area contributed by atoms with Crippen LogP contribution in [-0.2, 0) is 5.41 Å². The van der Waals surface area contributed by atoms with Crippen LogP contribution in [0.15, 0.2) is 41.2 Å². The van der Waals surface area contributed by atoms with Gasteiger partial charge in [0.15, 0.2) is 0 Å². The van der Waals surface area contributed by atoms with E-state index in [0.29, 0.717) is 6.54 Å². The summed E-state index contributed by atoms with van der Waals surface area (Å²) < 4.78 is 5.54. The number of nitrogens with one attached hydrogen (secondary N) is 2. The number of amides is 1. The normalized spacial score (nSPS) is 15.8. The van der Waals surface area contributed by atoms with Crippen molar-refractivity contribution in [3.05, 3.63) is 63.6 Å². The molecule has 132 valence electrons. The Morgan fingerprint density at radius 2 is 1.92 bits per heavy atom. The summed E-state index contributed by atoms with van der Waals surface area (Å²) >= 11 is 0. The molecule has 1 fully saturated rings. The number of hydrogen-bond acceptors (Lipinski definition) is 3. The van der Waals surface area contributed by atoms with E-state index in [1.54, 1.807) is 26.2 Å². The lowest BCUT2D eigenvalue weighted by Crippen LogP contribution is -2.40. The minimum atomic E-state index is -0.352. The van der Waals surface area contributed by atoms with Gasteiger partial charge in [-0.25, -0.2) is 0 Å². The van der Waals surface area contributed by atoms with Gasteiger partial charge in [0.25, 0.3) is 11.5 Å². The minimum absolute atomic E-state index is 0.139. The second kappa shape index (κ2) is 7.13. The number of rotatable bonds is 5. The van der Waals surface area contributed by atoms with Crippen LogP contribution in [0.4, 0.5) is 0 Å². The number of methoxy groups -OCH3 is 1. The van der Waals surface area contributed by atoms with Crippen LogP contribution in [0.2, 0.25) is 0 Å². The van der Waals surface area contributed by atoms with Gasteiger partial charge in [0.2, 0.25) is 0 Å². The van der Waals surface area contributed by atoms with Crippen molar-refractivity contribution in [3.8, 4) is 5.75 Å². The quantitative estimate of drug-likeness (QED) is 0.879. The summed E-state index contributed by atoms with van der Waals surface area (Å²) in [6, 6.07) is 11.3. The van der Waals surface area contributed by atoms with E-state index in [4.69, 9.17) is 4.74 Å². The number of aromatic nitrogens is 1. The number of aryl methyl sites for hydroxylation is 1. The fourth-order valence-corrected chi connectivity index (χ4v) is 3.77. The molecule has 0 spiro atoms. The Morgan fingerprint density at radius 1 is 1.20 bits per heavy atom. The third-order valence-corrected chi connectivity index (χ3v) is 5.13. The second-order valence-electron chi connectivity index (χ2n) is 6.75. The van der Waals surface area contributed by atoms with Gasteiger partial charge in [0.05, 0.1) is 7.11 Å². The number of H-pyrrole nitrogens is 1. The Balaban J connectivity index is 1.83. The van der Waals surface area contributed by atoms with Crippen molar-refractivity contribution in [2.75, 3.05) is 13.7 Å². The number of para-hydroxylation sites is 1. The molecule has 1 saturated carbocycles. The number of benzene rings is 1. The smallest absolute Gasteiger partial charge is 0.260 e. The molecule has 5 nitrogen and oxygen atoms in total. The lowest BCUT2D eigenvalue weighted by atomic mass is 9.78. The first-order chi connectivity index (χ1) is 12.1. The van der Waals surface area contributed by atoms with Gasteiger partial charge in [-0.3, -0.25) is 9.59 Å². The lowest BCUT2D eigenvalue weighted by Gasteiger charge is -2.31. The molecule has 0 unspecified atom stereocenters. The van der Waals surface area contributed by atoms with E-state index in [1.165, 1.54) is 0 Å². The Kier molecular flexibility index (Phi) is 4.93. The van der Waals surface area contributed by atoms with Gasteiger partial charge in [-0.05, 0) is 38.0 Å². The molecule has 0 atom stereocenters. The molecule has 0 saturated heterocycles. The van der Waals surface area contributed by atoms with Crippen LogP contribution in [0.25, 0.3) is 0 Å². The van der Waals surface area contributed by atoms with Crippen molar-refractivity contribution in [1.82, 2.24) is 10.3 Å². The molecule has 5 heteroatoms. The summed E-state index contributed by atoms with van der Waals surface area (Å²) in [5, 5.41) is 2.98. The summed E-state index contributed by atoms with van der Waals surface area (Å²) in [6.45, 7) is 2.29. The van der Waals surface area contributed by atoms with Gasteiger partial charge < -0.3 is 15.0 Å². The van der Waals surface area contributed by atoms with Gasteiger partial charge in [-0.15, -0.1) is 0 Å². The highest BCUT2D eigenvalue weighted by Gasteiger charge is 2.38. The highest BCUT2D eigenvalue weighted by atomic mass is 16.5. The molecule has 1 aliphatic rings. The Labute approximate surface area is 147 Å². The summed E-state index contributed by atoms with van der Waals surface area (Å²) in [5.74, 6) is 0.522. The Morgan fingerprint density at radius 3 is 2.60 bits per heavy atom. The number of ether oxygens (including phenoxy) is 1. The number of pyridine rings is 1. The van der Waals surface area contributed by atoms with E-state index < -0.39 is 0 Å². The average Bonchev–Trinajstić information content (AvgIpc) is 3.09. The zero-order chi connectivity index (χ0) is 17.9. The van der Waals surface area contributed by atoms with Gasteiger partial charge in [-0.1, -0.05) is 31.0 Å². The molecule has 2 aromatic rings. The summed E-state index contributed by atoms with van der Waals surface area (Å²) in [5.41, 5.74) is 1.53. The average molecular weight is 340 g/mol. The Hall–Kier alpha value is -2.56. The lowest BCUT2D eigenvalue weighted by molar-refractivity contribution is 0.0941. The van der Waals surface area contributed by atoms with E-state index in [9.17, 15) is 9.59 Å². The molecular weight excluding hydrogens is 316 g/mol. The molecule has 1 aliphatic carbocycles. The van der Waals surface area contributed by atoms with Crippen molar-refractivity contribution in [2.45, 2.75) is 38.0 Å². The van der Waals surface area contributed by atoms with Crippen molar-refractivity contribution in [3.63, 3.8) is 0 Å².